The zero-order chi connectivity index (χ0) is 12.8. The Labute approximate surface area is 104 Å². The second kappa shape index (κ2) is 5.92. The lowest BCUT2D eigenvalue weighted by Gasteiger charge is -2.03. The number of nitro groups is 1. The van der Waals surface area contributed by atoms with Gasteiger partial charge in [0.15, 0.2) is 0 Å². The molecule has 0 unspecified atom stereocenters. The van der Waals surface area contributed by atoms with Crippen molar-refractivity contribution in [3.63, 3.8) is 0 Å². The van der Waals surface area contributed by atoms with Crippen molar-refractivity contribution >= 4 is 5.69 Å². The van der Waals surface area contributed by atoms with Gasteiger partial charge in [0.1, 0.15) is 0 Å². The first-order valence-electron chi connectivity index (χ1n) is 5.67. The molecular formula is C12H14N4O2. The summed E-state index contributed by atoms with van der Waals surface area (Å²) < 4.78 is 0. The predicted molar refractivity (Wildman–Crippen MR) is 67.1 cm³/mol. The van der Waals surface area contributed by atoms with Crippen LogP contribution in [0.4, 0.5) is 5.69 Å². The van der Waals surface area contributed by atoms with Crippen molar-refractivity contribution in [2.75, 3.05) is 6.54 Å². The number of benzene rings is 1. The van der Waals surface area contributed by atoms with Crippen molar-refractivity contribution in [3.05, 3.63) is 58.2 Å². The largest absolute Gasteiger partial charge is 0.348 e. The molecule has 0 bridgehead atoms. The van der Waals surface area contributed by atoms with Gasteiger partial charge in [-0.15, -0.1) is 0 Å². The SMILES string of the molecule is O=[N+]([O-])c1ccc(CNCCc2cnc[nH]2)cc1. The number of aromatic amines is 1. The number of non-ortho nitro benzene ring substituents is 1. The van der Waals surface area contributed by atoms with Crippen LogP contribution >= 0.6 is 0 Å². The highest BCUT2D eigenvalue weighted by atomic mass is 16.6. The maximum Gasteiger partial charge on any atom is 0.269 e. The summed E-state index contributed by atoms with van der Waals surface area (Å²) in [5.41, 5.74) is 2.24. The van der Waals surface area contributed by atoms with E-state index in [0.29, 0.717) is 6.54 Å². The molecule has 0 aliphatic carbocycles. The molecule has 1 heterocycles. The Morgan fingerprint density at radius 2 is 2.11 bits per heavy atom. The molecule has 18 heavy (non-hydrogen) atoms. The van der Waals surface area contributed by atoms with Gasteiger partial charge in [-0.25, -0.2) is 4.98 Å². The molecule has 0 amide bonds. The van der Waals surface area contributed by atoms with E-state index in [1.165, 1.54) is 12.1 Å². The topological polar surface area (TPSA) is 83.8 Å². The Bertz CT molecular complexity index is 493. The summed E-state index contributed by atoms with van der Waals surface area (Å²) in [7, 11) is 0. The molecule has 0 spiro atoms. The van der Waals surface area contributed by atoms with Crippen LogP contribution in [-0.4, -0.2) is 21.4 Å². The molecule has 6 nitrogen and oxygen atoms in total. The number of nitrogens with one attached hydrogen (secondary N) is 2. The van der Waals surface area contributed by atoms with Crippen molar-refractivity contribution in [2.24, 2.45) is 0 Å². The Morgan fingerprint density at radius 1 is 1.33 bits per heavy atom. The Hall–Kier alpha value is -2.21. The van der Waals surface area contributed by atoms with E-state index in [0.717, 1.165) is 24.2 Å². The van der Waals surface area contributed by atoms with Crippen molar-refractivity contribution in [2.45, 2.75) is 13.0 Å². The second-order valence-corrected chi connectivity index (χ2v) is 3.93. The molecule has 0 saturated heterocycles. The number of nitrogens with zero attached hydrogens (tertiary/aromatic N) is 2. The standard InChI is InChI=1S/C12H14N4O2/c17-16(18)12-3-1-10(2-4-12)7-13-6-5-11-8-14-9-15-11/h1-4,8-9,13H,5-7H2,(H,14,15). The molecule has 1 aromatic carbocycles. The normalized spacial score (nSPS) is 10.4. The van der Waals surface area contributed by atoms with Crippen LogP contribution in [0, 0.1) is 10.1 Å². The fourth-order valence-corrected chi connectivity index (χ4v) is 1.61. The average Bonchev–Trinajstić information content (AvgIpc) is 2.88. The van der Waals surface area contributed by atoms with Gasteiger partial charge < -0.3 is 10.3 Å². The van der Waals surface area contributed by atoms with Gasteiger partial charge in [-0.3, -0.25) is 10.1 Å². The Balaban J connectivity index is 1.75. The molecule has 1 aromatic heterocycles. The summed E-state index contributed by atoms with van der Waals surface area (Å²) in [4.78, 5) is 17.1. The second-order valence-electron chi connectivity index (χ2n) is 3.93. The number of aromatic nitrogens is 2. The molecule has 94 valence electrons. The van der Waals surface area contributed by atoms with Crippen LogP contribution in [0.3, 0.4) is 0 Å². The lowest BCUT2D eigenvalue weighted by atomic mass is 10.2. The van der Waals surface area contributed by atoms with Crippen LogP contribution < -0.4 is 5.32 Å². The predicted octanol–water partition coefficient (Wildman–Crippen LogP) is 1.65. The quantitative estimate of drug-likeness (QED) is 0.461. The highest BCUT2D eigenvalue weighted by molar-refractivity contribution is 5.32. The zero-order valence-electron chi connectivity index (χ0n) is 9.80. The average molecular weight is 246 g/mol. The number of hydrogen-bond acceptors (Lipinski definition) is 4. The van der Waals surface area contributed by atoms with E-state index in [-0.39, 0.29) is 5.69 Å². The number of rotatable bonds is 6. The first-order valence-corrected chi connectivity index (χ1v) is 5.67. The van der Waals surface area contributed by atoms with Crippen molar-refractivity contribution in [3.8, 4) is 0 Å². The third kappa shape index (κ3) is 3.39. The van der Waals surface area contributed by atoms with Gasteiger partial charge in [0, 0.05) is 43.5 Å². The van der Waals surface area contributed by atoms with Gasteiger partial charge in [-0.05, 0) is 5.56 Å². The third-order valence-electron chi connectivity index (χ3n) is 2.60. The van der Waals surface area contributed by atoms with Crippen LogP contribution in [-0.2, 0) is 13.0 Å². The molecule has 0 aliphatic heterocycles. The number of H-pyrrole nitrogens is 1. The van der Waals surface area contributed by atoms with Crippen LogP contribution in [0.25, 0.3) is 0 Å². The van der Waals surface area contributed by atoms with E-state index in [9.17, 15) is 10.1 Å². The molecule has 0 atom stereocenters. The van der Waals surface area contributed by atoms with E-state index in [1.807, 2.05) is 0 Å². The maximum atomic E-state index is 10.5. The van der Waals surface area contributed by atoms with Gasteiger partial charge in [-0.1, -0.05) is 12.1 Å². The molecule has 0 saturated carbocycles. The van der Waals surface area contributed by atoms with E-state index in [1.54, 1.807) is 24.7 Å². The minimum atomic E-state index is -0.393. The van der Waals surface area contributed by atoms with Crippen molar-refractivity contribution in [1.82, 2.24) is 15.3 Å². The van der Waals surface area contributed by atoms with Crippen LogP contribution in [0.15, 0.2) is 36.8 Å². The summed E-state index contributed by atoms with van der Waals surface area (Å²) in [6.07, 6.45) is 4.34. The first kappa shape index (κ1) is 12.3. The fourth-order valence-electron chi connectivity index (χ4n) is 1.61. The van der Waals surface area contributed by atoms with Crippen LogP contribution in [0.1, 0.15) is 11.3 Å². The molecular weight excluding hydrogens is 232 g/mol. The minimum absolute atomic E-state index is 0.121. The van der Waals surface area contributed by atoms with Gasteiger partial charge in [-0.2, -0.15) is 0 Å². The molecule has 2 N–H and O–H groups in total. The van der Waals surface area contributed by atoms with Crippen LogP contribution in [0.2, 0.25) is 0 Å². The molecule has 6 heteroatoms. The smallest absolute Gasteiger partial charge is 0.269 e. The van der Waals surface area contributed by atoms with Crippen LogP contribution in [0.5, 0.6) is 0 Å². The lowest BCUT2D eigenvalue weighted by Crippen LogP contribution is -2.16. The van der Waals surface area contributed by atoms with E-state index < -0.39 is 4.92 Å². The van der Waals surface area contributed by atoms with Gasteiger partial charge >= 0.3 is 0 Å². The van der Waals surface area contributed by atoms with Gasteiger partial charge in [0.25, 0.3) is 5.69 Å². The summed E-state index contributed by atoms with van der Waals surface area (Å²) in [6.45, 7) is 1.53. The number of imidazole rings is 1. The highest BCUT2D eigenvalue weighted by Gasteiger charge is 2.03. The Kier molecular flexibility index (Phi) is 4.03. The summed E-state index contributed by atoms with van der Waals surface area (Å²) in [6, 6.07) is 6.57. The maximum absolute atomic E-state index is 10.5. The molecule has 2 rings (SSSR count). The van der Waals surface area contributed by atoms with Crippen molar-refractivity contribution in [1.29, 1.82) is 0 Å². The fraction of sp³-hybridized carbons (Fsp3) is 0.250. The van der Waals surface area contributed by atoms with Crippen molar-refractivity contribution < 1.29 is 4.92 Å². The highest BCUT2D eigenvalue weighted by Crippen LogP contribution is 2.11. The number of hydrogen-bond donors (Lipinski definition) is 2. The minimum Gasteiger partial charge on any atom is -0.348 e. The molecule has 0 aliphatic rings. The summed E-state index contributed by atoms with van der Waals surface area (Å²) in [5.74, 6) is 0. The number of nitro benzene ring substituents is 1. The van der Waals surface area contributed by atoms with E-state index in [4.69, 9.17) is 0 Å². The van der Waals surface area contributed by atoms with E-state index in [2.05, 4.69) is 15.3 Å². The summed E-state index contributed by atoms with van der Waals surface area (Å²) >= 11 is 0. The zero-order valence-corrected chi connectivity index (χ0v) is 9.80. The summed E-state index contributed by atoms with van der Waals surface area (Å²) in [5, 5.41) is 13.8. The first-order chi connectivity index (χ1) is 8.75. The lowest BCUT2D eigenvalue weighted by molar-refractivity contribution is -0.384. The van der Waals surface area contributed by atoms with Gasteiger partial charge in [0.2, 0.25) is 0 Å². The third-order valence-corrected chi connectivity index (χ3v) is 2.60. The molecule has 0 fully saturated rings. The van der Waals surface area contributed by atoms with E-state index >= 15 is 0 Å². The molecule has 0 radical (unpaired) electrons. The van der Waals surface area contributed by atoms with Gasteiger partial charge in [0.05, 0.1) is 11.3 Å². The Morgan fingerprint density at radius 3 is 2.72 bits per heavy atom. The molecule has 2 aromatic rings. The monoisotopic (exact) mass is 246 g/mol.